The molecule has 0 amide bonds. The summed E-state index contributed by atoms with van der Waals surface area (Å²) in [6, 6.07) is 133. The molecule has 22 aromatic rings. The molecule has 634 valence electrons. The predicted molar refractivity (Wildman–Crippen MR) is 548 cm³/mol. The molecule has 0 atom stereocenters. The SMILES string of the molecule is CCc1nc2cc(-c3c4ccccc4c(-c4ccc(-c5ccccc5)cc4)c4ccccc34)cc3c2n1-c1ccccc1C3(C)C.CCc1nc2cccc3c2n1-c1ccc(-c2c4ccccc4c(-c4ccc(-c5ccccc5)cc4)c4ccccc24)cc1C3(C)C.CCc1nc2cccc3c2n1-c1ccccc1C3(C)C.Cc1nc2cccc3c2n1-c1ccccc1C3(C)C. The molecule has 0 spiro atoms. The Morgan fingerprint density at radius 1 is 0.198 bits per heavy atom. The topological polar surface area (TPSA) is 71.3 Å². The van der Waals surface area contributed by atoms with Gasteiger partial charge in [-0.05, 0) is 222 Å². The van der Waals surface area contributed by atoms with E-state index in [4.69, 9.17) is 19.9 Å². The maximum atomic E-state index is 5.27. The summed E-state index contributed by atoms with van der Waals surface area (Å²) < 4.78 is 9.47. The molecule has 0 N–H and O–H groups in total. The standard InChI is InChI=1S/2C44H34N2.C18H18N2.C17H16N2/c1-4-40-45-38-27-31(26-37-43(38)46(40)39-21-13-12-20-36(39)44(37,2)3)42-34-18-10-8-16-32(34)41(33-17-9-11-19-35(33)42)30-24-22-29(23-25-30)28-14-6-5-7-15-28;1-4-40-45-38-20-12-19-36-43(38)46(40)39-26-25-31(27-37(39)44(36,2)3)42-34-17-10-8-15-32(34)41(33-16-9-11-18-35(33)42)30-23-21-29(22-24-30)28-13-6-5-7-14-28;1-4-16-19-14-10-7-9-13-17(14)20(16)15-11-6-5-8-12(15)18(13,2)3;1-11-18-14-9-6-8-13-16(14)19(11)15-10-5-4-7-12(15)17(13,2)3/h2*5-27H,4H2,1-3H3;5-11H,4H2,1-3H3;4-10H,1-3H3. The molecule has 8 heteroatoms. The second kappa shape index (κ2) is 30.8. The van der Waals surface area contributed by atoms with Crippen LogP contribution in [0.3, 0.4) is 0 Å². The number of aryl methyl sites for hydroxylation is 4. The van der Waals surface area contributed by atoms with Crippen molar-refractivity contribution in [2.24, 2.45) is 0 Å². The molecule has 0 fully saturated rings. The van der Waals surface area contributed by atoms with Gasteiger partial charge in [0, 0.05) is 40.9 Å². The molecule has 8 heterocycles. The first-order valence-electron chi connectivity index (χ1n) is 46.5. The fourth-order valence-corrected chi connectivity index (χ4v) is 22.7. The van der Waals surface area contributed by atoms with Crippen molar-refractivity contribution in [1.82, 2.24) is 38.2 Å². The second-order valence-corrected chi connectivity index (χ2v) is 37.9. The number of imidazole rings is 4. The van der Waals surface area contributed by atoms with E-state index >= 15 is 0 Å². The Kier molecular flexibility index (Phi) is 18.9. The Labute approximate surface area is 765 Å². The van der Waals surface area contributed by atoms with Crippen LogP contribution in [0.1, 0.15) is 144 Å². The molecule has 0 unspecified atom stereocenters. The average Bonchev–Trinajstić information content (AvgIpc) is 1.67. The zero-order chi connectivity index (χ0) is 89.1. The number of para-hydroxylation sites is 6. The van der Waals surface area contributed by atoms with Gasteiger partial charge in [-0.15, -0.1) is 0 Å². The maximum Gasteiger partial charge on any atom is 0.114 e. The molecule has 131 heavy (non-hydrogen) atoms. The third-order valence-electron chi connectivity index (χ3n) is 29.2. The van der Waals surface area contributed by atoms with Gasteiger partial charge in [-0.2, -0.15) is 0 Å². The van der Waals surface area contributed by atoms with E-state index in [0.717, 1.165) is 64.6 Å². The van der Waals surface area contributed by atoms with E-state index in [0.29, 0.717) is 0 Å². The van der Waals surface area contributed by atoms with Crippen molar-refractivity contribution in [2.75, 3.05) is 0 Å². The van der Waals surface area contributed by atoms with Gasteiger partial charge in [-0.25, -0.2) is 19.9 Å². The summed E-state index contributed by atoms with van der Waals surface area (Å²) in [5.41, 5.74) is 40.0. The number of aromatic nitrogens is 8. The van der Waals surface area contributed by atoms with Gasteiger partial charge in [0.05, 0.1) is 66.9 Å². The van der Waals surface area contributed by atoms with Crippen molar-refractivity contribution in [3.63, 3.8) is 0 Å². The quantitative estimate of drug-likeness (QED) is 0.135. The Bertz CT molecular complexity index is 8280. The maximum absolute atomic E-state index is 5.27. The first-order valence-corrected chi connectivity index (χ1v) is 46.5. The molecule has 8 nitrogen and oxygen atoms in total. The zero-order valence-electron chi connectivity index (χ0n) is 76.3. The van der Waals surface area contributed by atoms with Crippen LogP contribution >= 0.6 is 0 Å². The lowest BCUT2D eigenvalue weighted by atomic mass is 9.73. The van der Waals surface area contributed by atoms with E-state index in [9.17, 15) is 0 Å². The third-order valence-corrected chi connectivity index (χ3v) is 29.2. The highest BCUT2D eigenvalue weighted by Crippen LogP contribution is 2.54. The molecule has 0 bridgehead atoms. The van der Waals surface area contributed by atoms with Gasteiger partial charge in [-0.3, -0.25) is 18.3 Å². The third kappa shape index (κ3) is 12.5. The smallest absolute Gasteiger partial charge is 0.114 e. The normalized spacial score (nSPS) is 14.0. The fraction of sp³-hybridized carbons (Fsp3) is 0.154. The first kappa shape index (κ1) is 80.4. The van der Waals surface area contributed by atoms with Crippen molar-refractivity contribution in [3.8, 4) is 89.5 Å². The molecule has 4 aliphatic heterocycles. The summed E-state index contributed by atoms with van der Waals surface area (Å²) in [6.07, 6.45) is 2.71. The summed E-state index contributed by atoms with van der Waals surface area (Å²) in [7, 11) is 0. The molecule has 26 rings (SSSR count). The number of hydrogen-bond donors (Lipinski definition) is 0. The predicted octanol–water partition coefficient (Wildman–Crippen LogP) is 31.3. The lowest BCUT2D eigenvalue weighted by Crippen LogP contribution is -2.27. The van der Waals surface area contributed by atoms with Crippen molar-refractivity contribution >= 4 is 87.2 Å². The highest BCUT2D eigenvalue weighted by Gasteiger charge is 2.41. The molecule has 18 aromatic carbocycles. The van der Waals surface area contributed by atoms with Crippen LogP contribution in [0, 0.1) is 6.92 Å². The highest BCUT2D eigenvalue weighted by molar-refractivity contribution is 6.23. The van der Waals surface area contributed by atoms with Crippen molar-refractivity contribution < 1.29 is 0 Å². The van der Waals surface area contributed by atoms with E-state index < -0.39 is 0 Å². The van der Waals surface area contributed by atoms with Crippen molar-refractivity contribution in [1.29, 1.82) is 0 Å². The average molecular weight is 1690 g/mol. The molecule has 0 saturated heterocycles. The van der Waals surface area contributed by atoms with E-state index in [2.05, 4.69) is 465 Å². The Balaban J connectivity index is 0.000000107. The lowest BCUT2D eigenvalue weighted by molar-refractivity contribution is 0.625. The van der Waals surface area contributed by atoms with Gasteiger partial charge in [0.15, 0.2) is 0 Å². The highest BCUT2D eigenvalue weighted by atomic mass is 15.1. The minimum Gasteiger partial charge on any atom is -0.296 e. The van der Waals surface area contributed by atoms with E-state index in [1.807, 2.05) is 0 Å². The molecule has 0 saturated carbocycles. The van der Waals surface area contributed by atoms with Gasteiger partial charge in [0.25, 0.3) is 0 Å². The summed E-state index contributed by atoms with van der Waals surface area (Å²) in [6.45, 7) is 27.3. The Hall–Kier alpha value is -15.1. The van der Waals surface area contributed by atoms with Gasteiger partial charge < -0.3 is 0 Å². The van der Waals surface area contributed by atoms with Crippen molar-refractivity contribution in [2.45, 2.75) is 124 Å². The van der Waals surface area contributed by atoms with Crippen molar-refractivity contribution in [3.05, 3.63) is 432 Å². The van der Waals surface area contributed by atoms with Gasteiger partial charge in [0.1, 0.15) is 23.3 Å². The number of rotatable bonds is 9. The summed E-state index contributed by atoms with van der Waals surface area (Å²) >= 11 is 0. The van der Waals surface area contributed by atoms with E-state index in [1.54, 1.807) is 0 Å². The molecule has 0 aliphatic carbocycles. The van der Waals surface area contributed by atoms with Crippen LogP contribution in [0.15, 0.2) is 364 Å². The van der Waals surface area contributed by atoms with Gasteiger partial charge >= 0.3 is 0 Å². The summed E-state index contributed by atoms with van der Waals surface area (Å²) in [4.78, 5) is 19.9. The van der Waals surface area contributed by atoms with Crippen LogP contribution in [-0.4, -0.2) is 38.2 Å². The van der Waals surface area contributed by atoms with Crippen LogP contribution in [0.5, 0.6) is 0 Å². The fourth-order valence-electron chi connectivity index (χ4n) is 22.7. The number of nitrogens with zero attached hydrogens (tertiary/aromatic N) is 8. The monoisotopic (exact) mass is 1690 g/mol. The van der Waals surface area contributed by atoms with E-state index in [-0.39, 0.29) is 21.7 Å². The van der Waals surface area contributed by atoms with Gasteiger partial charge in [-0.1, -0.05) is 379 Å². The number of fused-ring (bicyclic) bond motifs is 12. The lowest BCUT2D eigenvalue weighted by Gasteiger charge is -2.35. The second-order valence-electron chi connectivity index (χ2n) is 37.9. The first-order chi connectivity index (χ1) is 63.8. The largest absolute Gasteiger partial charge is 0.296 e. The van der Waals surface area contributed by atoms with Crippen LogP contribution in [0.2, 0.25) is 0 Å². The minimum absolute atomic E-state index is 0.0249. The van der Waals surface area contributed by atoms with Crippen LogP contribution in [0.4, 0.5) is 0 Å². The molecular formula is C123H102N8. The Morgan fingerprint density at radius 2 is 0.458 bits per heavy atom. The van der Waals surface area contributed by atoms with Crippen LogP contribution < -0.4 is 0 Å². The number of benzene rings is 18. The minimum atomic E-state index is -0.169. The molecule has 4 aliphatic rings. The van der Waals surface area contributed by atoms with Crippen LogP contribution in [0.25, 0.3) is 177 Å². The molecule has 4 aromatic heterocycles. The molecule has 0 radical (unpaired) electrons. The number of hydrogen-bond acceptors (Lipinski definition) is 4. The van der Waals surface area contributed by atoms with E-state index in [1.165, 1.54) is 199 Å². The zero-order valence-corrected chi connectivity index (χ0v) is 76.3. The summed E-state index contributed by atoms with van der Waals surface area (Å²) in [5.74, 6) is 4.44. The van der Waals surface area contributed by atoms with Crippen LogP contribution in [-0.2, 0) is 40.9 Å². The molecular weight excluding hydrogens is 1590 g/mol. The Morgan fingerprint density at radius 3 is 0.847 bits per heavy atom. The van der Waals surface area contributed by atoms with Gasteiger partial charge in [0.2, 0.25) is 0 Å². The summed E-state index contributed by atoms with van der Waals surface area (Å²) in [5, 5.41) is 10.2.